The monoisotopic (exact) mass is 415 g/mol. The minimum atomic E-state index is -3.97. The van der Waals surface area contributed by atoms with Gasteiger partial charge in [0, 0.05) is 18.3 Å². The summed E-state index contributed by atoms with van der Waals surface area (Å²) in [7, 11) is -3.97. The third-order valence-corrected chi connectivity index (χ3v) is 6.26. The van der Waals surface area contributed by atoms with E-state index >= 15 is 0 Å². The van der Waals surface area contributed by atoms with Crippen LogP contribution in [-0.4, -0.2) is 59.2 Å². The lowest BCUT2D eigenvalue weighted by molar-refractivity contribution is -0.128. The van der Waals surface area contributed by atoms with Crippen LogP contribution in [0, 0.1) is 12.8 Å². The molecule has 1 fully saturated rings. The normalized spacial score (nSPS) is 20.3. The highest BCUT2D eigenvalue weighted by molar-refractivity contribution is 7.89. The molecule has 0 bridgehead atoms. The van der Waals surface area contributed by atoms with Crippen molar-refractivity contribution in [2.24, 2.45) is 5.92 Å². The van der Waals surface area contributed by atoms with Crippen LogP contribution < -0.4 is 5.43 Å². The SMILES string of the molecule is Cc1ccc(S(=O)(=O)N(CC(C)C)NC(=O)C2CC(S)CN2C(=O)O)cc1. The quantitative estimate of drug-likeness (QED) is 0.484. The third kappa shape index (κ3) is 5.14. The predicted molar refractivity (Wildman–Crippen MR) is 104 cm³/mol. The van der Waals surface area contributed by atoms with E-state index in [4.69, 9.17) is 0 Å². The maximum atomic E-state index is 13.0. The lowest BCUT2D eigenvalue weighted by atomic mass is 10.2. The van der Waals surface area contributed by atoms with Gasteiger partial charge in [-0.3, -0.25) is 15.1 Å². The van der Waals surface area contributed by atoms with Gasteiger partial charge in [0.2, 0.25) is 0 Å². The van der Waals surface area contributed by atoms with E-state index in [1.54, 1.807) is 12.1 Å². The first-order valence-corrected chi connectivity index (χ1v) is 10.6. The number of rotatable bonds is 6. The largest absolute Gasteiger partial charge is 0.465 e. The predicted octanol–water partition coefficient (Wildman–Crippen LogP) is 1.72. The van der Waals surface area contributed by atoms with Gasteiger partial charge in [0.15, 0.2) is 0 Å². The molecule has 2 amide bonds. The van der Waals surface area contributed by atoms with Crippen molar-refractivity contribution in [3.63, 3.8) is 0 Å². The summed E-state index contributed by atoms with van der Waals surface area (Å²) >= 11 is 4.25. The summed E-state index contributed by atoms with van der Waals surface area (Å²) in [6, 6.07) is 5.33. The van der Waals surface area contributed by atoms with Crippen molar-refractivity contribution in [2.45, 2.75) is 43.4 Å². The number of carbonyl (C=O) groups is 2. The Hall–Kier alpha value is -1.78. The summed E-state index contributed by atoms with van der Waals surface area (Å²) in [5, 5.41) is 9.00. The fraction of sp³-hybridized carbons (Fsp3) is 0.529. The number of benzene rings is 1. The lowest BCUT2D eigenvalue weighted by Crippen LogP contribution is -2.54. The van der Waals surface area contributed by atoms with Gasteiger partial charge in [0.1, 0.15) is 6.04 Å². The Morgan fingerprint density at radius 3 is 2.44 bits per heavy atom. The van der Waals surface area contributed by atoms with Gasteiger partial charge in [-0.05, 0) is 31.4 Å². The molecule has 0 aliphatic carbocycles. The van der Waals surface area contributed by atoms with Gasteiger partial charge in [0.05, 0.1) is 4.90 Å². The standard InChI is InChI=1S/C17H25N3O5S2/c1-11(2)9-20(27(24,25)14-6-4-12(3)5-7-14)18-16(21)15-8-13(26)10-19(15)17(22)23/h4-7,11,13,15,26H,8-10H2,1-3H3,(H,18,21)(H,22,23). The minimum absolute atomic E-state index is 0.0534. The molecule has 1 aromatic carbocycles. The summed E-state index contributed by atoms with van der Waals surface area (Å²) in [6.07, 6.45) is -1.01. The van der Waals surface area contributed by atoms with Gasteiger partial charge in [-0.1, -0.05) is 31.5 Å². The minimum Gasteiger partial charge on any atom is -0.465 e. The molecule has 10 heteroatoms. The Balaban J connectivity index is 2.27. The Morgan fingerprint density at radius 2 is 1.93 bits per heavy atom. The maximum Gasteiger partial charge on any atom is 0.408 e. The number of amides is 2. The van der Waals surface area contributed by atoms with Crippen molar-refractivity contribution in [2.75, 3.05) is 13.1 Å². The molecule has 1 saturated heterocycles. The van der Waals surface area contributed by atoms with E-state index in [2.05, 4.69) is 18.1 Å². The average molecular weight is 416 g/mol. The summed E-state index contributed by atoms with van der Waals surface area (Å²) in [6.45, 7) is 5.68. The van der Waals surface area contributed by atoms with Crippen LogP contribution in [0.5, 0.6) is 0 Å². The third-order valence-electron chi connectivity index (χ3n) is 4.20. The first-order valence-electron chi connectivity index (χ1n) is 8.60. The number of likely N-dealkylation sites (tertiary alicyclic amines) is 1. The summed E-state index contributed by atoms with van der Waals surface area (Å²) in [5.41, 5.74) is 3.33. The van der Waals surface area contributed by atoms with Crippen molar-refractivity contribution in [1.82, 2.24) is 14.7 Å². The van der Waals surface area contributed by atoms with E-state index in [0.717, 1.165) is 14.9 Å². The molecule has 0 spiro atoms. The van der Waals surface area contributed by atoms with E-state index < -0.39 is 28.1 Å². The molecule has 1 aromatic rings. The number of nitrogens with zero attached hydrogens (tertiary/aromatic N) is 2. The van der Waals surface area contributed by atoms with Crippen LogP contribution in [0.3, 0.4) is 0 Å². The van der Waals surface area contributed by atoms with E-state index in [0.29, 0.717) is 0 Å². The Bertz CT molecular complexity index is 795. The highest BCUT2D eigenvalue weighted by Gasteiger charge is 2.40. The van der Waals surface area contributed by atoms with Crippen LogP contribution in [0.2, 0.25) is 0 Å². The second-order valence-corrected chi connectivity index (χ2v) is 9.65. The van der Waals surface area contributed by atoms with Crippen molar-refractivity contribution in [1.29, 1.82) is 0 Å². The molecule has 0 radical (unpaired) electrons. The van der Waals surface area contributed by atoms with Gasteiger partial charge >= 0.3 is 6.09 Å². The number of aryl methyl sites for hydroxylation is 1. The molecule has 0 aromatic heterocycles. The van der Waals surface area contributed by atoms with Crippen LogP contribution in [-0.2, 0) is 14.8 Å². The highest BCUT2D eigenvalue weighted by Crippen LogP contribution is 2.23. The van der Waals surface area contributed by atoms with E-state index in [1.165, 1.54) is 12.1 Å². The van der Waals surface area contributed by atoms with Crippen molar-refractivity contribution in [3.8, 4) is 0 Å². The molecule has 2 N–H and O–H groups in total. The van der Waals surface area contributed by atoms with Gasteiger partial charge in [-0.25, -0.2) is 13.2 Å². The Kier molecular flexibility index (Phi) is 6.77. The number of carbonyl (C=O) groups excluding carboxylic acids is 1. The van der Waals surface area contributed by atoms with Gasteiger partial charge in [0.25, 0.3) is 15.9 Å². The number of sulfonamides is 1. The molecule has 8 nitrogen and oxygen atoms in total. The van der Waals surface area contributed by atoms with Crippen molar-refractivity contribution >= 4 is 34.7 Å². The molecule has 2 atom stereocenters. The molecule has 1 heterocycles. The molecular weight excluding hydrogens is 390 g/mol. The van der Waals surface area contributed by atoms with Crippen LogP contribution in [0.25, 0.3) is 0 Å². The van der Waals surface area contributed by atoms with Crippen molar-refractivity contribution < 1.29 is 23.1 Å². The smallest absolute Gasteiger partial charge is 0.408 e. The Morgan fingerprint density at radius 1 is 1.33 bits per heavy atom. The van der Waals surface area contributed by atoms with Gasteiger partial charge in [-0.15, -0.1) is 4.41 Å². The summed E-state index contributed by atoms with van der Waals surface area (Å²) < 4.78 is 26.9. The number of thiol groups is 1. The van der Waals surface area contributed by atoms with E-state index in [9.17, 15) is 23.1 Å². The first-order chi connectivity index (χ1) is 12.5. The van der Waals surface area contributed by atoms with E-state index in [-0.39, 0.29) is 35.6 Å². The van der Waals surface area contributed by atoms with Gasteiger partial charge < -0.3 is 5.11 Å². The molecule has 1 aliphatic rings. The van der Waals surface area contributed by atoms with Crippen LogP contribution >= 0.6 is 12.6 Å². The van der Waals surface area contributed by atoms with Crippen LogP contribution in [0.4, 0.5) is 4.79 Å². The fourth-order valence-corrected chi connectivity index (χ4v) is 4.66. The second kappa shape index (κ2) is 8.49. The van der Waals surface area contributed by atoms with Gasteiger partial charge in [-0.2, -0.15) is 12.6 Å². The number of hydrogen-bond donors (Lipinski definition) is 3. The molecule has 0 saturated carbocycles. The van der Waals surface area contributed by atoms with Crippen molar-refractivity contribution in [3.05, 3.63) is 29.8 Å². The maximum absolute atomic E-state index is 13.0. The molecule has 1 aliphatic heterocycles. The zero-order valence-corrected chi connectivity index (χ0v) is 17.2. The lowest BCUT2D eigenvalue weighted by Gasteiger charge is -2.27. The molecule has 150 valence electrons. The molecule has 27 heavy (non-hydrogen) atoms. The molecular formula is C17H25N3O5S2. The Labute approximate surface area is 165 Å². The zero-order chi connectivity index (χ0) is 20.4. The average Bonchev–Trinajstić information content (AvgIpc) is 2.96. The number of hydrazine groups is 1. The first kappa shape index (κ1) is 21.5. The molecule has 2 unspecified atom stereocenters. The fourth-order valence-electron chi connectivity index (χ4n) is 2.84. The number of hydrogen-bond acceptors (Lipinski definition) is 5. The van der Waals surface area contributed by atoms with Crippen LogP contribution in [0.15, 0.2) is 29.2 Å². The second-order valence-electron chi connectivity index (χ2n) is 7.06. The molecule has 2 rings (SSSR count). The summed E-state index contributed by atoms with van der Waals surface area (Å²) in [4.78, 5) is 25.1. The number of carboxylic acid groups (broad SMARTS) is 1. The topological polar surface area (TPSA) is 107 Å². The summed E-state index contributed by atoms with van der Waals surface area (Å²) in [5.74, 6) is -0.729. The zero-order valence-electron chi connectivity index (χ0n) is 15.5. The number of nitrogens with one attached hydrogen (secondary N) is 1. The van der Waals surface area contributed by atoms with Crippen LogP contribution in [0.1, 0.15) is 25.8 Å². The highest BCUT2D eigenvalue weighted by atomic mass is 32.2. The van der Waals surface area contributed by atoms with E-state index in [1.807, 2.05) is 20.8 Å².